The van der Waals surface area contributed by atoms with Gasteiger partial charge < -0.3 is 14.2 Å². The van der Waals surface area contributed by atoms with E-state index in [9.17, 15) is 9.90 Å². The molecule has 0 fully saturated rings. The fraction of sp³-hybridized carbons (Fsp3) is 0.368. The van der Waals surface area contributed by atoms with Gasteiger partial charge in [-0.1, -0.05) is 29.7 Å². The number of aliphatic hydroxyl groups is 1. The minimum atomic E-state index is -1.29. The molecule has 0 saturated carbocycles. The molecule has 4 aromatic rings. The predicted molar refractivity (Wildman–Crippen MR) is 106 cm³/mol. The van der Waals surface area contributed by atoms with E-state index in [1.165, 1.54) is 0 Å². The van der Waals surface area contributed by atoms with Gasteiger partial charge in [0.15, 0.2) is 0 Å². The fourth-order valence-electron chi connectivity index (χ4n) is 3.22. The van der Waals surface area contributed by atoms with Crippen LogP contribution in [0.4, 0.5) is 0 Å². The van der Waals surface area contributed by atoms with Gasteiger partial charge in [0.25, 0.3) is 11.4 Å². The van der Waals surface area contributed by atoms with Gasteiger partial charge in [-0.25, -0.2) is 4.98 Å². The molecule has 28 heavy (non-hydrogen) atoms. The number of rotatable bonds is 4. The van der Waals surface area contributed by atoms with Crippen LogP contribution in [-0.2, 0) is 5.60 Å². The first kappa shape index (κ1) is 18.6. The maximum Gasteiger partial charge on any atom is 0.278 e. The van der Waals surface area contributed by atoms with E-state index < -0.39 is 5.60 Å². The third-order valence-corrected chi connectivity index (χ3v) is 5.15. The molecule has 0 aliphatic heterocycles. The minimum Gasteiger partial charge on any atom is -0.381 e. The topological polar surface area (TPSA) is 98.5 Å². The summed E-state index contributed by atoms with van der Waals surface area (Å²) in [4.78, 5) is 22.1. The third-order valence-electron chi connectivity index (χ3n) is 4.85. The predicted octanol–water partition coefficient (Wildman–Crippen LogP) is 3.55. The van der Waals surface area contributed by atoms with Crippen molar-refractivity contribution in [1.82, 2.24) is 24.1 Å². The largest absolute Gasteiger partial charge is 0.381 e. The molecule has 4 rings (SSSR count). The van der Waals surface area contributed by atoms with Gasteiger partial charge in [-0.3, -0.25) is 9.20 Å². The normalized spacial score (nSPS) is 13.5. The maximum atomic E-state index is 13.5. The molecule has 0 aliphatic rings. The Bertz CT molecular complexity index is 1250. The number of benzene rings is 1. The lowest BCUT2D eigenvalue weighted by Gasteiger charge is -2.18. The molecule has 146 valence electrons. The highest BCUT2D eigenvalue weighted by Gasteiger charge is 2.27. The molecule has 1 unspecified atom stereocenters. The van der Waals surface area contributed by atoms with Gasteiger partial charge in [0, 0.05) is 6.04 Å². The van der Waals surface area contributed by atoms with Crippen LogP contribution < -0.4 is 5.56 Å². The number of fused-ring (bicyclic) bond motifs is 3. The quantitative estimate of drug-likeness (QED) is 0.561. The molecule has 0 bridgehead atoms. The van der Waals surface area contributed by atoms with E-state index in [-0.39, 0.29) is 23.3 Å². The molecule has 1 aromatic carbocycles. The number of nitrogens with zero attached hydrogens (tertiary/aromatic N) is 5. The van der Waals surface area contributed by atoms with Crippen molar-refractivity contribution in [3.05, 3.63) is 45.8 Å². The fourth-order valence-corrected chi connectivity index (χ4v) is 3.48. The number of halogens is 1. The summed E-state index contributed by atoms with van der Waals surface area (Å²) in [5.74, 6) is 0.198. The molecule has 0 aliphatic carbocycles. The van der Waals surface area contributed by atoms with E-state index in [0.717, 1.165) is 11.9 Å². The van der Waals surface area contributed by atoms with Crippen LogP contribution >= 0.6 is 11.6 Å². The lowest BCUT2D eigenvalue weighted by atomic mass is 10.1. The standard InChI is InChI=1S/C19H20ClN5O3/c1-5-10(2)25-14-11(20)7-6-8-12(14)24-9-21-13(15(24)17(25)26)16-22-18(28-23-16)19(3,4)27/h6-10,27H,5H2,1-4H3. The van der Waals surface area contributed by atoms with Crippen molar-refractivity contribution in [2.24, 2.45) is 0 Å². The second-order valence-electron chi connectivity index (χ2n) is 7.33. The Morgan fingerprint density at radius 2 is 2.07 bits per heavy atom. The second kappa shape index (κ2) is 6.42. The Hall–Kier alpha value is -2.71. The molecular formula is C19H20ClN5O3. The first-order valence-electron chi connectivity index (χ1n) is 9.00. The summed E-state index contributed by atoms with van der Waals surface area (Å²) in [6.07, 6.45) is 2.30. The van der Waals surface area contributed by atoms with Crippen LogP contribution in [0.5, 0.6) is 0 Å². The average Bonchev–Trinajstić information content (AvgIpc) is 3.29. The summed E-state index contributed by atoms with van der Waals surface area (Å²) in [5.41, 5.74) is 0.508. The van der Waals surface area contributed by atoms with Gasteiger partial charge in [0.1, 0.15) is 23.1 Å². The van der Waals surface area contributed by atoms with Gasteiger partial charge in [-0.15, -0.1) is 0 Å². The van der Waals surface area contributed by atoms with Crippen molar-refractivity contribution < 1.29 is 9.63 Å². The monoisotopic (exact) mass is 401 g/mol. The number of aromatic nitrogens is 5. The van der Waals surface area contributed by atoms with E-state index in [0.29, 0.717) is 21.7 Å². The molecule has 1 atom stereocenters. The highest BCUT2D eigenvalue weighted by molar-refractivity contribution is 6.35. The van der Waals surface area contributed by atoms with Crippen LogP contribution in [0, 0.1) is 0 Å². The maximum absolute atomic E-state index is 13.5. The number of imidazole rings is 1. The minimum absolute atomic E-state index is 0.0507. The van der Waals surface area contributed by atoms with E-state index in [4.69, 9.17) is 16.1 Å². The molecule has 3 heterocycles. The smallest absolute Gasteiger partial charge is 0.278 e. The van der Waals surface area contributed by atoms with Crippen LogP contribution in [0.1, 0.15) is 46.0 Å². The second-order valence-corrected chi connectivity index (χ2v) is 7.74. The van der Waals surface area contributed by atoms with Crippen molar-refractivity contribution >= 4 is 28.2 Å². The molecule has 1 N–H and O–H groups in total. The first-order valence-corrected chi connectivity index (χ1v) is 9.38. The van der Waals surface area contributed by atoms with E-state index in [2.05, 4.69) is 15.1 Å². The molecule has 0 amide bonds. The van der Waals surface area contributed by atoms with E-state index in [1.807, 2.05) is 26.0 Å². The number of hydrogen-bond donors (Lipinski definition) is 1. The highest BCUT2D eigenvalue weighted by atomic mass is 35.5. The summed E-state index contributed by atoms with van der Waals surface area (Å²) < 4.78 is 8.54. The first-order chi connectivity index (χ1) is 13.2. The Morgan fingerprint density at radius 3 is 2.71 bits per heavy atom. The van der Waals surface area contributed by atoms with Gasteiger partial charge in [0.05, 0.1) is 16.1 Å². The zero-order valence-corrected chi connectivity index (χ0v) is 16.7. The van der Waals surface area contributed by atoms with Crippen LogP contribution in [0.25, 0.3) is 28.1 Å². The Balaban J connectivity index is 2.10. The molecule has 0 saturated heterocycles. The summed E-state index contributed by atoms with van der Waals surface area (Å²) >= 11 is 6.45. The molecule has 0 spiro atoms. The van der Waals surface area contributed by atoms with Gasteiger partial charge >= 0.3 is 0 Å². The van der Waals surface area contributed by atoms with Crippen LogP contribution in [0.2, 0.25) is 5.02 Å². The van der Waals surface area contributed by atoms with Crippen molar-refractivity contribution in [3.63, 3.8) is 0 Å². The van der Waals surface area contributed by atoms with Gasteiger partial charge in [-0.2, -0.15) is 4.98 Å². The van der Waals surface area contributed by atoms with Crippen molar-refractivity contribution in [1.29, 1.82) is 0 Å². The third kappa shape index (κ3) is 2.71. The van der Waals surface area contributed by atoms with Gasteiger partial charge in [0.2, 0.25) is 5.82 Å². The SMILES string of the molecule is CCC(C)n1c(=O)c2c(-c3noc(C(C)(C)O)n3)ncn2c2cccc(Cl)c21. The molecular weight excluding hydrogens is 382 g/mol. The Morgan fingerprint density at radius 1 is 1.32 bits per heavy atom. The van der Waals surface area contributed by atoms with Gasteiger partial charge in [-0.05, 0) is 39.3 Å². The lowest BCUT2D eigenvalue weighted by Crippen LogP contribution is -2.26. The molecule has 3 aromatic heterocycles. The van der Waals surface area contributed by atoms with Crippen LogP contribution in [-0.4, -0.2) is 29.2 Å². The summed E-state index contributed by atoms with van der Waals surface area (Å²) in [6.45, 7) is 7.06. The molecule has 8 nitrogen and oxygen atoms in total. The van der Waals surface area contributed by atoms with E-state index in [1.54, 1.807) is 35.2 Å². The highest BCUT2D eigenvalue weighted by Crippen LogP contribution is 2.29. The molecule has 9 heteroatoms. The zero-order valence-electron chi connectivity index (χ0n) is 16.0. The summed E-state index contributed by atoms with van der Waals surface area (Å²) in [5, 5.41) is 14.5. The number of hydrogen-bond acceptors (Lipinski definition) is 6. The van der Waals surface area contributed by atoms with Crippen molar-refractivity contribution in [3.8, 4) is 11.5 Å². The summed E-state index contributed by atoms with van der Waals surface area (Å²) in [7, 11) is 0. The van der Waals surface area contributed by atoms with Crippen LogP contribution in [0.15, 0.2) is 33.8 Å². The zero-order chi connectivity index (χ0) is 20.2. The number of para-hydroxylation sites is 1. The molecule has 0 radical (unpaired) electrons. The summed E-state index contributed by atoms with van der Waals surface area (Å²) in [6, 6.07) is 5.41. The van der Waals surface area contributed by atoms with E-state index >= 15 is 0 Å². The Kier molecular flexibility index (Phi) is 4.28. The van der Waals surface area contributed by atoms with Crippen molar-refractivity contribution in [2.75, 3.05) is 0 Å². The Labute approximate surface area is 165 Å². The van der Waals surface area contributed by atoms with Crippen molar-refractivity contribution in [2.45, 2.75) is 45.8 Å². The average molecular weight is 402 g/mol. The van der Waals surface area contributed by atoms with Crippen LogP contribution in [0.3, 0.4) is 0 Å². The lowest BCUT2D eigenvalue weighted by molar-refractivity contribution is 0.0420.